The van der Waals surface area contributed by atoms with E-state index in [1.165, 1.54) is 0 Å². The molecule has 2 N–H and O–H groups in total. The van der Waals surface area contributed by atoms with Crippen LogP contribution in [0.25, 0.3) is 10.6 Å². The summed E-state index contributed by atoms with van der Waals surface area (Å²) >= 11 is 7.45. The number of H-pyrrole nitrogens is 1. The number of aromatic nitrogens is 2. The zero-order valence-corrected chi connectivity index (χ0v) is 11.0. The maximum atomic E-state index is 5.91. The van der Waals surface area contributed by atoms with Crippen molar-refractivity contribution >= 4 is 22.9 Å². The van der Waals surface area contributed by atoms with Crippen molar-refractivity contribution in [2.45, 2.75) is 19.4 Å². The van der Waals surface area contributed by atoms with Gasteiger partial charge in [0.2, 0.25) is 0 Å². The number of thiophene rings is 1. The maximum Gasteiger partial charge on any atom is 0.126 e. The van der Waals surface area contributed by atoms with Crippen molar-refractivity contribution in [3.05, 3.63) is 28.5 Å². The van der Waals surface area contributed by atoms with Gasteiger partial charge in [-0.25, -0.2) is 4.98 Å². The minimum atomic E-state index is -0.153. The monoisotopic (exact) mass is 255 g/mol. The molecule has 0 aliphatic rings. The summed E-state index contributed by atoms with van der Waals surface area (Å²) in [7, 11) is 1.92. The molecule has 0 aliphatic heterocycles. The Kier molecular flexibility index (Phi) is 3.06. The molecule has 0 bridgehead atoms. The summed E-state index contributed by atoms with van der Waals surface area (Å²) in [6, 6.07) is 3.89. The van der Waals surface area contributed by atoms with Crippen LogP contribution in [0.5, 0.6) is 0 Å². The maximum absolute atomic E-state index is 5.91. The van der Waals surface area contributed by atoms with Gasteiger partial charge in [0.25, 0.3) is 0 Å². The Morgan fingerprint density at radius 3 is 2.75 bits per heavy atom. The molecule has 0 radical (unpaired) electrons. The van der Waals surface area contributed by atoms with Gasteiger partial charge in [0.05, 0.1) is 26.6 Å². The Morgan fingerprint density at radius 1 is 1.44 bits per heavy atom. The first-order valence-electron chi connectivity index (χ1n) is 5.03. The summed E-state index contributed by atoms with van der Waals surface area (Å²) in [6.45, 7) is 4.16. The van der Waals surface area contributed by atoms with Gasteiger partial charge >= 0.3 is 0 Å². The lowest BCUT2D eigenvalue weighted by atomic mass is 10.1. The Labute approximate surface area is 104 Å². The lowest BCUT2D eigenvalue weighted by molar-refractivity contribution is 0.421. The average molecular weight is 256 g/mol. The highest BCUT2D eigenvalue weighted by Gasteiger charge is 2.21. The molecule has 16 heavy (non-hydrogen) atoms. The van der Waals surface area contributed by atoms with E-state index >= 15 is 0 Å². The molecule has 0 atom stereocenters. The van der Waals surface area contributed by atoms with Crippen LogP contribution in [0.3, 0.4) is 0 Å². The van der Waals surface area contributed by atoms with Crippen LogP contribution in [-0.2, 0) is 5.54 Å². The Balaban J connectivity index is 2.33. The van der Waals surface area contributed by atoms with Crippen LogP contribution in [0.15, 0.2) is 18.3 Å². The smallest absolute Gasteiger partial charge is 0.126 e. The first-order valence-corrected chi connectivity index (χ1v) is 6.22. The van der Waals surface area contributed by atoms with E-state index in [4.69, 9.17) is 11.6 Å². The van der Waals surface area contributed by atoms with Crippen molar-refractivity contribution in [2.75, 3.05) is 7.05 Å². The van der Waals surface area contributed by atoms with Gasteiger partial charge in [0.15, 0.2) is 0 Å². The van der Waals surface area contributed by atoms with Crippen molar-refractivity contribution in [3.63, 3.8) is 0 Å². The predicted molar refractivity (Wildman–Crippen MR) is 69.0 cm³/mol. The number of nitrogens with one attached hydrogen (secondary N) is 2. The highest BCUT2D eigenvalue weighted by atomic mass is 35.5. The SMILES string of the molecule is CNC(C)(C)c1ncc(-c2ccc(Cl)s2)[nH]1. The molecule has 0 saturated heterocycles. The predicted octanol–water partition coefficient (Wildman–Crippen LogP) is 3.25. The molecule has 0 spiro atoms. The van der Waals surface area contributed by atoms with Gasteiger partial charge in [-0.1, -0.05) is 11.6 Å². The molecule has 2 aromatic rings. The van der Waals surface area contributed by atoms with Gasteiger partial charge in [-0.2, -0.15) is 0 Å². The van der Waals surface area contributed by atoms with Crippen LogP contribution < -0.4 is 5.32 Å². The molecular weight excluding hydrogens is 242 g/mol. The van der Waals surface area contributed by atoms with E-state index in [-0.39, 0.29) is 5.54 Å². The second-order valence-electron chi connectivity index (χ2n) is 4.12. The molecule has 0 amide bonds. The number of hydrogen-bond acceptors (Lipinski definition) is 3. The third kappa shape index (κ3) is 2.14. The largest absolute Gasteiger partial charge is 0.340 e. The molecule has 0 aromatic carbocycles. The lowest BCUT2D eigenvalue weighted by Gasteiger charge is -2.20. The van der Waals surface area contributed by atoms with Gasteiger partial charge in [-0.05, 0) is 33.0 Å². The van der Waals surface area contributed by atoms with Gasteiger partial charge in [0, 0.05) is 0 Å². The Morgan fingerprint density at radius 2 is 2.19 bits per heavy atom. The van der Waals surface area contributed by atoms with Crippen LogP contribution in [0, 0.1) is 0 Å². The fourth-order valence-electron chi connectivity index (χ4n) is 1.34. The fourth-order valence-corrected chi connectivity index (χ4v) is 2.35. The third-order valence-electron chi connectivity index (χ3n) is 2.63. The van der Waals surface area contributed by atoms with Crippen LogP contribution in [0.1, 0.15) is 19.7 Å². The molecule has 0 unspecified atom stereocenters. The molecule has 0 fully saturated rings. The Bertz CT molecular complexity index is 487. The molecule has 2 heterocycles. The number of rotatable bonds is 3. The zero-order valence-electron chi connectivity index (χ0n) is 9.47. The summed E-state index contributed by atoms with van der Waals surface area (Å²) in [4.78, 5) is 8.81. The van der Waals surface area contributed by atoms with Gasteiger partial charge in [-0.15, -0.1) is 11.3 Å². The molecule has 86 valence electrons. The second-order valence-corrected chi connectivity index (χ2v) is 5.84. The minimum Gasteiger partial charge on any atom is -0.340 e. The van der Waals surface area contributed by atoms with Crippen molar-refractivity contribution < 1.29 is 0 Å². The van der Waals surface area contributed by atoms with Crippen LogP contribution >= 0.6 is 22.9 Å². The standard InChI is InChI=1S/C11H14ClN3S/c1-11(2,13-3)10-14-6-7(15-10)8-4-5-9(12)16-8/h4-6,13H,1-3H3,(H,14,15). The fraction of sp³-hybridized carbons (Fsp3) is 0.364. The van der Waals surface area contributed by atoms with Crippen molar-refractivity contribution in [3.8, 4) is 10.6 Å². The van der Waals surface area contributed by atoms with Crippen LogP contribution in [-0.4, -0.2) is 17.0 Å². The molecule has 0 aliphatic carbocycles. The van der Waals surface area contributed by atoms with Gasteiger partial charge in [-0.3, -0.25) is 0 Å². The van der Waals surface area contributed by atoms with E-state index in [1.807, 2.05) is 25.4 Å². The number of imidazole rings is 1. The van der Waals surface area contributed by atoms with Gasteiger partial charge in [0.1, 0.15) is 5.82 Å². The molecular formula is C11H14ClN3S. The van der Waals surface area contributed by atoms with E-state index in [0.29, 0.717) is 0 Å². The third-order valence-corrected chi connectivity index (χ3v) is 3.90. The molecule has 0 saturated carbocycles. The van der Waals surface area contributed by atoms with E-state index in [1.54, 1.807) is 11.3 Å². The summed E-state index contributed by atoms with van der Waals surface area (Å²) in [5.74, 6) is 0.925. The first-order chi connectivity index (χ1) is 7.53. The number of nitrogens with zero attached hydrogens (tertiary/aromatic N) is 1. The molecule has 2 rings (SSSR count). The van der Waals surface area contributed by atoms with Crippen LogP contribution in [0.4, 0.5) is 0 Å². The normalized spacial score (nSPS) is 12.0. The molecule has 2 aromatic heterocycles. The van der Waals surface area contributed by atoms with Crippen molar-refractivity contribution in [1.29, 1.82) is 0 Å². The van der Waals surface area contributed by atoms with Crippen LogP contribution in [0.2, 0.25) is 4.34 Å². The highest BCUT2D eigenvalue weighted by molar-refractivity contribution is 7.19. The molecule has 3 nitrogen and oxygen atoms in total. The molecule has 5 heteroatoms. The zero-order chi connectivity index (χ0) is 11.8. The summed E-state index contributed by atoms with van der Waals surface area (Å²) in [6.07, 6.45) is 1.84. The highest BCUT2D eigenvalue weighted by Crippen LogP contribution is 2.30. The van der Waals surface area contributed by atoms with E-state index in [9.17, 15) is 0 Å². The Hall–Kier alpha value is -0.840. The number of aromatic amines is 1. The summed E-state index contributed by atoms with van der Waals surface area (Å²) < 4.78 is 0.791. The first kappa shape index (κ1) is 11.6. The second kappa shape index (κ2) is 4.20. The van der Waals surface area contributed by atoms with E-state index < -0.39 is 0 Å². The van der Waals surface area contributed by atoms with Gasteiger partial charge < -0.3 is 10.3 Å². The summed E-state index contributed by atoms with van der Waals surface area (Å²) in [5, 5.41) is 3.21. The van der Waals surface area contributed by atoms with Crippen molar-refractivity contribution in [1.82, 2.24) is 15.3 Å². The topological polar surface area (TPSA) is 40.7 Å². The average Bonchev–Trinajstić information content (AvgIpc) is 2.85. The van der Waals surface area contributed by atoms with E-state index in [2.05, 4.69) is 29.1 Å². The minimum absolute atomic E-state index is 0.153. The lowest BCUT2D eigenvalue weighted by Crippen LogP contribution is -2.34. The number of halogens is 1. The number of hydrogen-bond donors (Lipinski definition) is 2. The van der Waals surface area contributed by atoms with E-state index in [0.717, 1.165) is 20.7 Å². The quantitative estimate of drug-likeness (QED) is 0.884. The van der Waals surface area contributed by atoms with Crippen molar-refractivity contribution in [2.24, 2.45) is 0 Å². The summed E-state index contributed by atoms with van der Waals surface area (Å²) in [5.41, 5.74) is 0.856.